The van der Waals surface area contributed by atoms with Crippen LogP contribution in [0.2, 0.25) is 0 Å². The van der Waals surface area contributed by atoms with Crippen LogP contribution in [0.1, 0.15) is 25.7 Å². The summed E-state index contributed by atoms with van der Waals surface area (Å²) in [4.78, 5) is 11.7. The van der Waals surface area contributed by atoms with E-state index in [-0.39, 0.29) is 24.2 Å². The first-order valence-electron chi connectivity index (χ1n) is 7.08. The van der Waals surface area contributed by atoms with E-state index in [0.717, 1.165) is 25.7 Å². The number of rotatable bonds is 5. The smallest absolute Gasteiger partial charge is 0.238 e. The van der Waals surface area contributed by atoms with Gasteiger partial charge in [0.25, 0.3) is 0 Å². The average molecular weight is 280 g/mol. The van der Waals surface area contributed by atoms with Crippen LogP contribution in [0.25, 0.3) is 0 Å². The first-order valence-corrected chi connectivity index (χ1v) is 7.08. The van der Waals surface area contributed by atoms with E-state index >= 15 is 0 Å². The molecule has 20 heavy (non-hydrogen) atoms. The minimum absolute atomic E-state index is 0.154. The van der Waals surface area contributed by atoms with Crippen LogP contribution in [0.3, 0.4) is 0 Å². The quantitative estimate of drug-likeness (QED) is 0.772. The molecule has 0 saturated heterocycles. The fraction of sp³-hybridized carbons (Fsp3) is 0.533. The molecule has 1 amide bonds. The molecule has 110 valence electrons. The number of hydrogen-bond donors (Lipinski definition) is 3. The van der Waals surface area contributed by atoms with Crippen molar-refractivity contribution in [1.29, 1.82) is 0 Å². The molecule has 1 saturated carbocycles. The van der Waals surface area contributed by atoms with Crippen LogP contribution in [0, 0.1) is 11.7 Å². The Labute approximate surface area is 118 Å². The molecule has 2 rings (SSSR count). The summed E-state index contributed by atoms with van der Waals surface area (Å²) in [6.07, 6.45) is 3.59. The van der Waals surface area contributed by atoms with Crippen molar-refractivity contribution in [2.24, 2.45) is 5.92 Å². The first kappa shape index (κ1) is 14.9. The van der Waals surface area contributed by atoms with Gasteiger partial charge in [-0.1, -0.05) is 18.6 Å². The zero-order valence-electron chi connectivity index (χ0n) is 11.4. The molecule has 0 aliphatic heterocycles. The topological polar surface area (TPSA) is 61.4 Å². The van der Waals surface area contributed by atoms with Crippen molar-refractivity contribution >= 4 is 11.6 Å². The van der Waals surface area contributed by atoms with Gasteiger partial charge < -0.3 is 15.7 Å². The van der Waals surface area contributed by atoms with E-state index in [2.05, 4.69) is 10.6 Å². The van der Waals surface area contributed by atoms with Crippen LogP contribution >= 0.6 is 0 Å². The second-order valence-electron chi connectivity index (χ2n) is 5.35. The summed E-state index contributed by atoms with van der Waals surface area (Å²) in [6, 6.07) is 6.10. The van der Waals surface area contributed by atoms with Crippen molar-refractivity contribution < 1.29 is 14.3 Å². The predicted molar refractivity (Wildman–Crippen MR) is 75.9 cm³/mol. The Morgan fingerprint density at radius 2 is 2.15 bits per heavy atom. The van der Waals surface area contributed by atoms with E-state index in [0.29, 0.717) is 12.5 Å². The van der Waals surface area contributed by atoms with Gasteiger partial charge in [-0.3, -0.25) is 4.79 Å². The van der Waals surface area contributed by atoms with E-state index in [1.165, 1.54) is 12.1 Å². The van der Waals surface area contributed by atoms with Gasteiger partial charge in [0, 0.05) is 0 Å². The third-order valence-corrected chi connectivity index (χ3v) is 3.62. The lowest BCUT2D eigenvalue weighted by atomic mass is 9.87. The number of aliphatic hydroxyl groups excluding tert-OH is 1. The van der Waals surface area contributed by atoms with Crippen molar-refractivity contribution in [1.82, 2.24) is 5.32 Å². The number of amides is 1. The molecule has 3 N–H and O–H groups in total. The SMILES string of the molecule is O=C(CNCC1CCCC(O)C1)Nc1ccccc1F. The molecular weight excluding hydrogens is 259 g/mol. The summed E-state index contributed by atoms with van der Waals surface area (Å²) in [6.45, 7) is 0.864. The zero-order valence-corrected chi connectivity index (χ0v) is 11.4. The molecule has 1 aliphatic rings. The maximum absolute atomic E-state index is 13.3. The van der Waals surface area contributed by atoms with Crippen LogP contribution in [0.4, 0.5) is 10.1 Å². The highest BCUT2D eigenvalue weighted by atomic mass is 19.1. The van der Waals surface area contributed by atoms with Crippen LogP contribution < -0.4 is 10.6 Å². The number of carbonyl (C=O) groups excluding carboxylic acids is 1. The standard InChI is InChI=1S/C15H21FN2O2/c16-13-6-1-2-7-14(13)18-15(20)10-17-9-11-4-3-5-12(19)8-11/h1-2,6-7,11-12,17,19H,3-5,8-10H2,(H,18,20). The third kappa shape index (κ3) is 4.58. The molecule has 0 bridgehead atoms. The summed E-state index contributed by atoms with van der Waals surface area (Å²) in [5, 5.41) is 15.2. The minimum atomic E-state index is -0.434. The van der Waals surface area contributed by atoms with Crippen molar-refractivity contribution in [2.75, 3.05) is 18.4 Å². The summed E-state index contributed by atoms with van der Waals surface area (Å²) in [5.74, 6) is -0.275. The lowest BCUT2D eigenvalue weighted by Gasteiger charge is -2.25. The maximum Gasteiger partial charge on any atom is 0.238 e. The van der Waals surface area contributed by atoms with Crippen LogP contribution in [0.5, 0.6) is 0 Å². The van der Waals surface area contributed by atoms with E-state index < -0.39 is 5.82 Å². The second kappa shape index (κ2) is 7.36. The molecule has 0 radical (unpaired) electrons. The lowest BCUT2D eigenvalue weighted by Crippen LogP contribution is -2.34. The molecule has 5 heteroatoms. The molecule has 0 heterocycles. The van der Waals surface area contributed by atoms with Gasteiger partial charge in [0.15, 0.2) is 0 Å². The zero-order chi connectivity index (χ0) is 14.4. The van der Waals surface area contributed by atoms with Crippen molar-refractivity contribution in [2.45, 2.75) is 31.8 Å². The number of hydrogen-bond acceptors (Lipinski definition) is 3. The van der Waals surface area contributed by atoms with Crippen molar-refractivity contribution in [3.63, 3.8) is 0 Å². The van der Waals surface area contributed by atoms with Crippen LogP contribution in [0.15, 0.2) is 24.3 Å². The molecule has 1 fully saturated rings. The normalized spacial score (nSPS) is 22.5. The average Bonchev–Trinajstić information content (AvgIpc) is 2.41. The number of halogens is 1. The number of carbonyl (C=O) groups is 1. The van der Waals surface area contributed by atoms with Gasteiger partial charge in [0.2, 0.25) is 5.91 Å². The highest BCUT2D eigenvalue weighted by Crippen LogP contribution is 2.23. The summed E-state index contributed by atoms with van der Waals surface area (Å²) < 4.78 is 13.3. The second-order valence-corrected chi connectivity index (χ2v) is 5.35. The predicted octanol–water partition coefficient (Wildman–Crippen LogP) is 1.90. The van der Waals surface area contributed by atoms with Gasteiger partial charge >= 0.3 is 0 Å². The Balaban J connectivity index is 1.69. The molecule has 2 unspecified atom stereocenters. The van der Waals surface area contributed by atoms with Crippen molar-refractivity contribution in [3.05, 3.63) is 30.1 Å². The number of para-hydroxylation sites is 1. The Hall–Kier alpha value is -1.46. The largest absolute Gasteiger partial charge is 0.393 e. The molecule has 0 spiro atoms. The Kier molecular flexibility index (Phi) is 5.49. The molecule has 1 aliphatic carbocycles. The fourth-order valence-electron chi connectivity index (χ4n) is 2.59. The van der Waals surface area contributed by atoms with E-state index in [9.17, 15) is 14.3 Å². The first-order chi connectivity index (χ1) is 9.65. The van der Waals surface area contributed by atoms with E-state index in [4.69, 9.17) is 0 Å². The van der Waals surface area contributed by atoms with E-state index in [1.807, 2.05) is 0 Å². The van der Waals surface area contributed by atoms with Gasteiger partial charge in [0.1, 0.15) is 5.82 Å². The minimum Gasteiger partial charge on any atom is -0.393 e. The van der Waals surface area contributed by atoms with E-state index in [1.54, 1.807) is 12.1 Å². The molecule has 0 aromatic heterocycles. The third-order valence-electron chi connectivity index (χ3n) is 3.62. The fourth-order valence-corrected chi connectivity index (χ4v) is 2.59. The van der Waals surface area contributed by atoms with Gasteiger partial charge in [-0.15, -0.1) is 0 Å². The molecule has 2 atom stereocenters. The number of anilines is 1. The van der Waals surface area contributed by atoms with Crippen LogP contribution in [-0.2, 0) is 4.79 Å². The van der Waals surface area contributed by atoms with Crippen LogP contribution in [-0.4, -0.2) is 30.2 Å². The Bertz CT molecular complexity index is 453. The van der Waals surface area contributed by atoms with Gasteiger partial charge in [0.05, 0.1) is 18.3 Å². The summed E-state index contributed by atoms with van der Waals surface area (Å²) >= 11 is 0. The highest BCUT2D eigenvalue weighted by Gasteiger charge is 2.19. The molecule has 1 aromatic carbocycles. The van der Waals surface area contributed by atoms with Gasteiger partial charge in [-0.2, -0.15) is 0 Å². The summed E-state index contributed by atoms with van der Waals surface area (Å²) in [5.41, 5.74) is 0.201. The summed E-state index contributed by atoms with van der Waals surface area (Å²) in [7, 11) is 0. The van der Waals surface area contributed by atoms with Crippen molar-refractivity contribution in [3.8, 4) is 0 Å². The Morgan fingerprint density at radius 3 is 2.90 bits per heavy atom. The lowest BCUT2D eigenvalue weighted by molar-refractivity contribution is -0.115. The molecular formula is C15H21FN2O2. The molecule has 4 nitrogen and oxygen atoms in total. The maximum atomic E-state index is 13.3. The van der Waals surface area contributed by atoms with Gasteiger partial charge in [-0.25, -0.2) is 4.39 Å². The molecule has 1 aromatic rings. The Morgan fingerprint density at radius 1 is 1.35 bits per heavy atom. The number of benzene rings is 1. The number of aliphatic hydroxyl groups is 1. The highest BCUT2D eigenvalue weighted by molar-refractivity contribution is 5.92. The monoisotopic (exact) mass is 280 g/mol. The number of nitrogens with one attached hydrogen (secondary N) is 2. The van der Waals surface area contributed by atoms with Gasteiger partial charge in [-0.05, 0) is 43.9 Å².